The number of hydrogen-bond donors (Lipinski definition) is 0. The predicted molar refractivity (Wildman–Crippen MR) is 49.1 cm³/mol. The van der Waals surface area contributed by atoms with Crippen LogP contribution < -0.4 is 0 Å². The van der Waals surface area contributed by atoms with Gasteiger partial charge in [0.1, 0.15) is 5.60 Å². The van der Waals surface area contributed by atoms with Gasteiger partial charge < -0.3 is 4.74 Å². The van der Waals surface area contributed by atoms with Gasteiger partial charge in [0.25, 0.3) is 0 Å². The summed E-state index contributed by atoms with van der Waals surface area (Å²) in [7, 11) is 0. The van der Waals surface area contributed by atoms with Crippen molar-refractivity contribution in [2.75, 3.05) is 11.5 Å². The van der Waals surface area contributed by atoms with E-state index in [0.717, 1.165) is 17.9 Å². The van der Waals surface area contributed by atoms with Gasteiger partial charge >= 0.3 is 5.97 Å². The second-order valence-corrected chi connectivity index (χ2v) is 4.54. The standard InChI is InChI=1S/C9H12O2S/c1-7-2-3-8(10)11-9(7)4-5-12-6-9/h2-3,7H,4-6H2,1H3. The lowest BCUT2D eigenvalue weighted by molar-refractivity contribution is -0.156. The molecule has 66 valence electrons. The fraction of sp³-hybridized carbons (Fsp3) is 0.667. The van der Waals surface area contributed by atoms with Gasteiger partial charge in [0.2, 0.25) is 0 Å². The highest BCUT2D eigenvalue weighted by atomic mass is 32.2. The maximum Gasteiger partial charge on any atom is 0.331 e. The molecule has 0 aliphatic carbocycles. The minimum Gasteiger partial charge on any atom is -0.454 e. The summed E-state index contributed by atoms with van der Waals surface area (Å²) in [6, 6.07) is 0. The van der Waals surface area contributed by atoms with Gasteiger partial charge in [0.05, 0.1) is 0 Å². The quantitative estimate of drug-likeness (QED) is 0.535. The Morgan fingerprint density at radius 2 is 2.58 bits per heavy atom. The van der Waals surface area contributed by atoms with Gasteiger partial charge in [-0.15, -0.1) is 0 Å². The molecule has 0 N–H and O–H groups in total. The third-order valence-corrected chi connectivity index (χ3v) is 3.86. The van der Waals surface area contributed by atoms with Crippen LogP contribution in [0.2, 0.25) is 0 Å². The summed E-state index contributed by atoms with van der Waals surface area (Å²) in [5.41, 5.74) is -0.170. The number of thioether (sulfide) groups is 1. The predicted octanol–water partition coefficient (Wildman–Crippen LogP) is 1.61. The molecule has 2 aliphatic heterocycles. The lowest BCUT2D eigenvalue weighted by Crippen LogP contribution is -2.42. The van der Waals surface area contributed by atoms with Crippen LogP contribution in [0.15, 0.2) is 12.2 Å². The van der Waals surface area contributed by atoms with Gasteiger partial charge in [-0.25, -0.2) is 4.79 Å². The lowest BCUT2D eigenvalue weighted by Gasteiger charge is -2.34. The zero-order chi connectivity index (χ0) is 8.60. The molecule has 2 aliphatic rings. The normalized spacial score (nSPS) is 40.4. The Morgan fingerprint density at radius 3 is 3.25 bits per heavy atom. The Morgan fingerprint density at radius 1 is 1.75 bits per heavy atom. The van der Waals surface area contributed by atoms with E-state index in [9.17, 15) is 4.79 Å². The molecule has 2 unspecified atom stereocenters. The number of esters is 1. The summed E-state index contributed by atoms with van der Waals surface area (Å²) < 4.78 is 5.40. The first-order valence-corrected chi connectivity index (χ1v) is 5.37. The molecule has 2 nitrogen and oxygen atoms in total. The smallest absolute Gasteiger partial charge is 0.331 e. The molecule has 0 saturated carbocycles. The van der Waals surface area contributed by atoms with E-state index in [1.807, 2.05) is 17.8 Å². The summed E-state index contributed by atoms with van der Waals surface area (Å²) in [5.74, 6) is 2.29. The van der Waals surface area contributed by atoms with Crippen molar-refractivity contribution in [2.45, 2.75) is 18.9 Å². The first-order chi connectivity index (χ1) is 5.73. The van der Waals surface area contributed by atoms with Crippen molar-refractivity contribution in [1.29, 1.82) is 0 Å². The second kappa shape index (κ2) is 2.80. The summed E-state index contributed by atoms with van der Waals surface area (Å²) in [5, 5.41) is 0. The number of hydrogen-bond acceptors (Lipinski definition) is 3. The highest BCUT2D eigenvalue weighted by Gasteiger charge is 2.43. The minimum atomic E-state index is -0.171. The zero-order valence-corrected chi connectivity index (χ0v) is 7.89. The second-order valence-electron chi connectivity index (χ2n) is 3.44. The van der Waals surface area contributed by atoms with Crippen molar-refractivity contribution in [1.82, 2.24) is 0 Å². The molecular weight excluding hydrogens is 172 g/mol. The Kier molecular flexibility index (Phi) is 1.91. The molecule has 0 aromatic carbocycles. The molecule has 12 heavy (non-hydrogen) atoms. The van der Waals surface area contributed by atoms with Gasteiger partial charge in [-0.05, 0) is 12.2 Å². The average Bonchev–Trinajstić information content (AvgIpc) is 2.48. The molecule has 2 rings (SSSR count). The summed E-state index contributed by atoms with van der Waals surface area (Å²) in [6.07, 6.45) is 4.52. The highest BCUT2D eigenvalue weighted by molar-refractivity contribution is 7.99. The fourth-order valence-corrected chi connectivity index (χ4v) is 3.17. The van der Waals surface area contributed by atoms with E-state index in [2.05, 4.69) is 6.92 Å². The Hall–Kier alpha value is -0.440. The molecule has 2 heterocycles. The van der Waals surface area contributed by atoms with Gasteiger partial charge in [-0.3, -0.25) is 0 Å². The third kappa shape index (κ3) is 1.16. The summed E-state index contributed by atoms with van der Waals surface area (Å²) in [4.78, 5) is 11.1. The molecule has 1 spiro atoms. The van der Waals surface area contributed by atoms with Crippen LogP contribution in [0.4, 0.5) is 0 Å². The van der Waals surface area contributed by atoms with Gasteiger partial charge in [0, 0.05) is 17.7 Å². The van der Waals surface area contributed by atoms with Crippen LogP contribution in [0.1, 0.15) is 13.3 Å². The minimum absolute atomic E-state index is 0.170. The highest BCUT2D eigenvalue weighted by Crippen LogP contribution is 2.39. The molecule has 0 bridgehead atoms. The van der Waals surface area contributed by atoms with Crippen molar-refractivity contribution < 1.29 is 9.53 Å². The average molecular weight is 184 g/mol. The van der Waals surface area contributed by atoms with Crippen LogP contribution >= 0.6 is 11.8 Å². The molecule has 1 fully saturated rings. The van der Waals surface area contributed by atoms with Crippen molar-refractivity contribution in [3.8, 4) is 0 Å². The van der Waals surface area contributed by atoms with Crippen molar-refractivity contribution in [2.24, 2.45) is 5.92 Å². The van der Waals surface area contributed by atoms with E-state index >= 15 is 0 Å². The van der Waals surface area contributed by atoms with Gasteiger partial charge in [-0.2, -0.15) is 11.8 Å². The van der Waals surface area contributed by atoms with Crippen LogP contribution in [0, 0.1) is 5.92 Å². The first kappa shape index (κ1) is 8.17. The molecule has 0 radical (unpaired) electrons. The Labute approximate surface area is 76.4 Å². The van der Waals surface area contributed by atoms with E-state index < -0.39 is 0 Å². The molecule has 0 amide bonds. The Balaban J connectivity index is 2.24. The lowest BCUT2D eigenvalue weighted by atomic mass is 9.86. The maximum atomic E-state index is 11.1. The van der Waals surface area contributed by atoms with E-state index in [1.165, 1.54) is 0 Å². The van der Waals surface area contributed by atoms with Crippen molar-refractivity contribution in [3.05, 3.63) is 12.2 Å². The van der Waals surface area contributed by atoms with Crippen LogP contribution in [0.25, 0.3) is 0 Å². The largest absolute Gasteiger partial charge is 0.454 e. The molecule has 0 aromatic heterocycles. The van der Waals surface area contributed by atoms with E-state index in [4.69, 9.17) is 4.74 Å². The van der Waals surface area contributed by atoms with Gasteiger partial charge in [0.15, 0.2) is 0 Å². The van der Waals surface area contributed by atoms with E-state index in [0.29, 0.717) is 5.92 Å². The third-order valence-electron chi connectivity index (χ3n) is 2.67. The molecule has 0 aromatic rings. The van der Waals surface area contributed by atoms with Crippen LogP contribution in [0.3, 0.4) is 0 Å². The molecule has 1 saturated heterocycles. The molecular formula is C9H12O2S. The van der Waals surface area contributed by atoms with Crippen LogP contribution in [-0.2, 0) is 9.53 Å². The topological polar surface area (TPSA) is 26.3 Å². The number of carbonyl (C=O) groups is 1. The van der Waals surface area contributed by atoms with E-state index in [-0.39, 0.29) is 11.6 Å². The van der Waals surface area contributed by atoms with Crippen molar-refractivity contribution in [3.63, 3.8) is 0 Å². The number of ether oxygens (including phenoxy) is 1. The monoisotopic (exact) mass is 184 g/mol. The van der Waals surface area contributed by atoms with Gasteiger partial charge in [-0.1, -0.05) is 13.0 Å². The fourth-order valence-electron chi connectivity index (χ4n) is 1.73. The van der Waals surface area contributed by atoms with Crippen molar-refractivity contribution >= 4 is 17.7 Å². The SMILES string of the molecule is CC1C=CC(=O)OC12CCSC2. The summed E-state index contributed by atoms with van der Waals surface area (Å²) in [6.45, 7) is 2.12. The Bertz CT molecular complexity index is 229. The first-order valence-electron chi connectivity index (χ1n) is 4.22. The summed E-state index contributed by atoms with van der Waals surface area (Å²) >= 11 is 1.87. The zero-order valence-electron chi connectivity index (χ0n) is 7.08. The maximum absolute atomic E-state index is 11.1. The van der Waals surface area contributed by atoms with Crippen LogP contribution in [0.5, 0.6) is 0 Å². The number of carbonyl (C=O) groups excluding carboxylic acids is 1. The van der Waals surface area contributed by atoms with Crippen LogP contribution in [-0.4, -0.2) is 23.1 Å². The molecule has 3 heteroatoms. The number of rotatable bonds is 0. The van der Waals surface area contributed by atoms with E-state index in [1.54, 1.807) is 6.08 Å². The molecule has 2 atom stereocenters.